The van der Waals surface area contributed by atoms with E-state index in [1.807, 2.05) is 36.4 Å². The number of fused-ring (bicyclic) bond motifs is 1. The van der Waals surface area contributed by atoms with Crippen molar-refractivity contribution in [2.45, 2.75) is 19.9 Å². The van der Waals surface area contributed by atoms with Crippen molar-refractivity contribution < 1.29 is 0 Å². The van der Waals surface area contributed by atoms with Crippen molar-refractivity contribution >= 4 is 11.0 Å². The van der Waals surface area contributed by atoms with E-state index in [1.165, 1.54) is 0 Å². The Kier molecular flexibility index (Phi) is 3.66. The fourth-order valence-electron chi connectivity index (χ4n) is 2.42. The highest BCUT2D eigenvalue weighted by molar-refractivity contribution is 5.82. The van der Waals surface area contributed by atoms with E-state index >= 15 is 0 Å². The fourth-order valence-corrected chi connectivity index (χ4v) is 2.42. The van der Waals surface area contributed by atoms with Gasteiger partial charge in [-0.15, -0.1) is 0 Å². The monoisotopic (exact) mass is 290 g/mol. The fraction of sp³-hybridized carbons (Fsp3) is 0.222. The summed E-state index contributed by atoms with van der Waals surface area (Å²) in [6, 6.07) is 15.7. The highest BCUT2D eigenvalue weighted by atomic mass is 15.0. The number of benzene rings is 2. The van der Waals surface area contributed by atoms with Crippen LogP contribution in [0.15, 0.2) is 42.5 Å². The number of nitrogens with zero attached hydrogens (tertiary/aromatic N) is 2. The molecule has 0 aliphatic rings. The summed E-state index contributed by atoms with van der Waals surface area (Å²) in [5.41, 5.74) is 10.9. The maximum atomic E-state index is 8.86. The first-order valence-corrected chi connectivity index (χ1v) is 7.34. The van der Waals surface area contributed by atoms with E-state index in [2.05, 4.69) is 36.0 Å². The van der Waals surface area contributed by atoms with Crippen LogP contribution in [0.4, 0.5) is 0 Å². The SMILES string of the molecule is CC(C)[C@@H](N)c1nc2ccc(-c3ccc(C#N)cc3)cc2[nH]1. The van der Waals surface area contributed by atoms with Gasteiger partial charge >= 0.3 is 0 Å². The number of imidazole rings is 1. The number of nitrogens with two attached hydrogens (primary N) is 1. The number of aromatic nitrogens is 2. The van der Waals surface area contributed by atoms with Crippen molar-refractivity contribution in [3.05, 3.63) is 53.9 Å². The van der Waals surface area contributed by atoms with Gasteiger partial charge in [-0.1, -0.05) is 32.0 Å². The van der Waals surface area contributed by atoms with E-state index in [0.717, 1.165) is 28.0 Å². The molecule has 0 bridgehead atoms. The standard InChI is InChI=1S/C18H18N4/c1-11(2)17(20)18-21-15-8-7-14(9-16(15)22-18)13-5-3-12(10-19)4-6-13/h3-9,11,17H,20H2,1-2H3,(H,21,22)/t17-/m1/s1. The van der Waals surface area contributed by atoms with Gasteiger partial charge < -0.3 is 10.7 Å². The quantitative estimate of drug-likeness (QED) is 0.771. The van der Waals surface area contributed by atoms with Crippen LogP contribution < -0.4 is 5.73 Å². The van der Waals surface area contributed by atoms with Crippen LogP contribution in [-0.4, -0.2) is 9.97 Å². The molecule has 0 fully saturated rings. The third-order valence-corrected chi connectivity index (χ3v) is 3.88. The zero-order chi connectivity index (χ0) is 15.7. The van der Waals surface area contributed by atoms with E-state index in [0.29, 0.717) is 11.5 Å². The molecule has 0 aliphatic heterocycles. The van der Waals surface area contributed by atoms with Crippen molar-refractivity contribution in [2.75, 3.05) is 0 Å². The van der Waals surface area contributed by atoms with Gasteiger partial charge in [0, 0.05) is 0 Å². The predicted octanol–water partition coefficient (Wildman–Crippen LogP) is 3.76. The average molecular weight is 290 g/mol. The minimum absolute atomic E-state index is 0.0919. The van der Waals surface area contributed by atoms with Gasteiger partial charge in [-0.05, 0) is 41.3 Å². The molecule has 1 aromatic heterocycles. The molecule has 1 atom stereocenters. The van der Waals surface area contributed by atoms with Crippen molar-refractivity contribution in [3.63, 3.8) is 0 Å². The molecule has 3 rings (SSSR count). The number of H-pyrrole nitrogens is 1. The number of rotatable bonds is 3. The van der Waals surface area contributed by atoms with E-state index in [1.54, 1.807) is 0 Å². The van der Waals surface area contributed by atoms with E-state index in [9.17, 15) is 0 Å². The Morgan fingerprint density at radius 2 is 1.77 bits per heavy atom. The predicted molar refractivity (Wildman–Crippen MR) is 88.0 cm³/mol. The Bertz CT molecular complexity index is 838. The first-order chi connectivity index (χ1) is 10.6. The Balaban J connectivity index is 2.00. The molecule has 0 saturated carbocycles. The van der Waals surface area contributed by atoms with Crippen LogP contribution in [-0.2, 0) is 0 Å². The maximum absolute atomic E-state index is 8.86. The van der Waals surface area contributed by atoms with Crippen LogP contribution in [0.5, 0.6) is 0 Å². The Morgan fingerprint density at radius 1 is 1.09 bits per heavy atom. The molecule has 0 aliphatic carbocycles. The summed E-state index contributed by atoms with van der Waals surface area (Å²) in [7, 11) is 0. The van der Waals surface area contributed by atoms with Gasteiger partial charge in [0.1, 0.15) is 5.82 Å². The molecule has 4 nitrogen and oxygen atoms in total. The van der Waals surface area contributed by atoms with Crippen molar-refractivity contribution in [2.24, 2.45) is 11.7 Å². The molecule has 3 aromatic rings. The number of hydrogen-bond donors (Lipinski definition) is 2. The van der Waals surface area contributed by atoms with Crippen molar-refractivity contribution in [1.82, 2.24) is 9.97 Å². The summed E-state index contributed by atoms with van der Waals surface area (Å²) >= 11 is 0. The van der Waals surface area contributed by atoms with Gasteiger partial charge in [-0.3, -0.25) is 0 Å². The third kappa shape index (κ3) is 2.59. The zero-order valence-electron chi connectivity index (χ0n) is 12.7. The molecular weight excluding hydrogens is 272 g/mol. The van der Waals surface area contributed by atoms with Gasteiger partial charge in [0.05, 0.1) is 28.7 Å². The molecule has 1 heterocycles. The summed E-state index contributed by atoms with van der Waals surface area (Å²) < 4.78 is 0. The minimum Gasteiger partial charge on any atom is -0.341 e. The first kappa shape index (κ1) is 14.3. The summed E-state index contributed by atoms with van der Waals surface area (Å²) in [5.74, 6) is 1.15. The molecule has 3 N–H and O–H groups in total. The summed E-state index contributed by atoms with van der Waals surface area (Å²) in [5, 5.41) is 8.86. The molecule has 0 amide bonds. The van der Waals surface area contributed by atoms with E-state index in [-0.39, 0.29) is 6.04 Å². The highest BCUT2D eigenvalue weighted by Gasteiger charge is 2.15. The molecule has 0 saturated heterocycles. The van der Waals surface area contributed by atoms with Crippen LogP contribution in [0.1, 0.15) is 31.3 Å². The number of hydrogen-bond acceptors (Lipinski definition) is 3. The Morgan fingerprint density at radius 3 is 2.41 bits per heavy atom. The van der Waals surface area contributed by atoms with E-state index in [4.69, 9.17) is 11.0 Å². The van der Waals surface area contributed by atoms with Crippen molar-refractivity contribution in [1.29, 1.82) is 5.26 Å². The summed E-state index contributed by atoms with van der Waals surface area (Å²) in [4.78, 5) is 7.89. The van der Waals surface area contributed by atoms with Gasteiger partial charge in [0.15, 0.2) is 0 Å². The lowest BCUT2D eigenvalue weighted by Gasteiger charge is -2.11. The minimum atomic E-state index is -0.0919. The largest absolute Gasteiger partial charge is 0.341 e. The first-order valence-electron chi connectivity index (χ1n) is 7.34. The average Bonchev–Trinajstić information content (AvgIpc) is 2.97. The Hall–Kier alpha value is -2.64. The topological polar surface area (TPSA) is 78.5 Å². The Labute approximate surface area is 129 Å². The molecular formula is C18H18N4. The molecule has 0 radical (unpaired) electrons. The molecule has 0 unspecified atom stereocenters. The van der Waals surface area contributed by atoms with Crippen molar-refractivity contribution in [3.8, 4) is 17.2 Å². The number of nitriles is 1. The summed E-state index contributed by atoms with van der Waals surface area (Å²) in [6.45, 7) is 4.17. The van der Waals surface area contributed by atoms with Gasteiger partial charge in [0.25, 0.3) is 0 Å². The van der Waals surface area contributed by atoms with E-state index < -0.39 is 0 Å². The maximum Gasteiger partial charge on any atom is 0.124 e. The van der Waals surface area contributed by atoms with Crippen LogP contribution >= 0.6 is 0 Å². The van der Waals surface area contributed by atoms with Crippen LogP contribution in [0, 0.1) is 17.2 Å². The van der Waals surface area contributed by atoms with Gasteiger partial charge in [0.2, 0.25) is 0 Å². The van der Waals surface area contributed by atoms with Gasteiger partial charge in [-0.2, -0.15) is 5.26 Å². The normalized spacial score (nSPS) is 12.5. The van der Waals surface area contributed by atoms with Gasteiger partial charge in [-0.25, -0.2) is 4.98 Å². The van der Waals surface area contributed by atoms with Crippen LogP contribution in [0.2, 0.25) is 0 Å². The zero-order valence-corrected chi connectivity index (χ0v) is 12.7. The van der Waals surface area contributed by atoms with Crippen LogP contribution in [0.25, 0.3) is 22.2 Å². The molecule has 110 valence electrons. The molecule has 22 heavy (non-hydrogen) atoms. The van der Waals surface area contributed by atoms with Crippen LogP contribution in [0.3, 0.4) is 0 Å². The lowest BCUT2D eigenvalue weighted by Crippen LogP contribution is -2.17. The second-order valence-electron chi connectivity index (χ2n) is 5.81. The lowest BCUT2D eigenvalue weighted by atomic mass is 10.0. The molecule has 2 aromatic carbocycles. The number of nitrogens with one attached hydrogen (secondary N) is 1. The second-order valence-corrected chi connectivity index (χ2v) is 5.81. The molecule has 0 spiro atoms. The second kappa shape index (κ2) is 5.63. The highest BCUT2D eigenvalue weighted by Crippen LogP contribution is 2.25. The number of aromatic amines is 1. The smallest absolute Gasteiger partial charge is 0.124 e. The lowest BCUT2D eigenvalue weighted by molar-refractivity contribution is 0.495. The molecule has 4 heteroatoms. The summed E-state index contributed by atoms with van der Waals surface area (Å²) in [6.07, 6.45) is 0. The third-order valence-electron chi connectivity index (χ3n) is 3.88.